The van der Waals surface area contributed by atoms with Gasteiger partial charge in [0.15, 0.2) is 5.78 Å². The van der Waals surface area contributed by atoms with E-state index in [0.29, 0.717) is 0 Å². The van der Waals surface area contributed by atoms with Gasteiger partial charge in [0.25, 0.3) is 0 Å². The van der Waals surface area contributed by atoms with Gasteiger partial charge in [0.1, 0.15) is 0 Å². The van der Waals surface area contributed by atoms with Crippen molar-refractivity contribution in [1.29, 1.82) is 0 Å². The molecule has 0 unspecified atom stereocenters. The van der Waals surface area contributed by atoms with Gasteiger partial charge in [0, 0.05) is 30.9 Å². The monoisotopic (exact) mass is 325 g/mol. The summed E-state index contributed by atoms with van der Waals surface area (Å²) in [5.74, 6) is 0.121. The number of hydrogen-bond donors (Lipinski definition) is 0. The highest BCUT2D eigenvalue weighted by Gasteiger charge is 2.25. The number of carbonyl (C=O) groups is 1. The Bertz CT molecular complexity index is 981. The van der Waals surface area contributed by atoms with E-state index in [-0.39, 0.29) is 5.78 Å². The fraction of sp³-hybridized carbons (Fsp3) is 0.0870. The highest BCUT2D eigenvalue weighted by molar-refractivity contribution is 6.21. The first kappa shape index (κ1) is 15.4. The summed E-state index contributed by atoms with van der Waals surface area (Å²) in [6, 6.07) is 22.3. The van der Waals surface area contributed by atoms with Crippen molar-refractivity contribution in [3.05, 3.63) is 89.0 Å². The quantitative estimate of drug-likeness (QED) is 0.486. The largest absolute Gasteiger partial charge is 0.378 e. The molecule has 4 rings (SSSR count). The van der Waals surface area contributed by atoms with E-state index in [9.17, 15) is 4.79 Å². The van der Waals surface area contributed by atoms with E-state index in [4.69, 9.17) is 0 Å². The Hall–Kier alpha value is -3.13. The molecule has 122 valence electrons. The highest BCUT2D eigenvalue weighted by Crippen LogP contribution is 2.36. The average molecular weight is 325 g/mol. The van der Waals surface area contributed by atoms with Crippen LogP contribution in [0.25, 0.3) is 23.3 Å². The summed E-state index contributed by atoms with van der Waals surface area (Å²) in [5.41, 5.74) is 7.03. The number of benzene rings is 3. The van der Waals surface area contributed by atoms with Crippen LogP contribution < -0.4 is 4.90 Å². The Kier molecular flexibility index (Phi) is 3.73. The molecule has 3 aromatic carbocycles. The molecule has 0 radical (unpaired) electrons. The molecule has 0 aliphatic heterocycles. The zero-order chi connectivity index (χ0) is 17.4. The summed E-state index contributed by atoms with van der Waals surface area (Å²) in [7, 11) is 4.06. The fourth-order valence-corrected chi connectivity index (χ4v) is 3.23. The minimum atomic E-state index is 0.121. The molecule has 0 amide bonds. The molecular weight excluding hydrogens is 306 g/mol. The molecule has 1 aliphatic rings. The zero-order valence-electron chi connectivity index (χ0n) is 14.4. The summed E-state index contributed by atoms with van der Waals surface area (Å²) in [6.07, 6.45) is 4.13. The molecule has 0 N–H and O–H groups in total. The predicted molar refractivity (Wildman–Crippen MR) is 105 cm³/mol. The Balaban J connectivity index is 1.62. The van der Waals surface area contributed by atoms with Crippen LogP contribution in [-0.4, -0.2) is 19.9 Å². The fourth-order valence-electron chi connectivity index (χ4n) is 3.23. The number of fused-ring (bicyclic) bond motifs is 3. The second-order valence-corrected chi connectivity index (χ2v) is 6.50. The molecule has 0 saturated heterocycles. The summed E-state index contributed by atoms with van der Waals surface area (Å²) >= 11 is 0. The van der Waals surface area contributed by atoms with Gasteiger partial charge in [-0.05, 0) is 40.5 Å². The van der Waals surface area contributed by atoms with Crippen molar-refractivity contribution in [2.75, 3.05) is 19.0 Å². The van der Waals surface area contributed by atoms with Gasteiger partial charge in [-0.3, -0.25) is 4.79 Å². The third-order valence-corrected chi connectivity index (χ3v) is 4.63. The predicted octanol–water partition coefficient (Wildman–Crippen LogP) is 5.13. The number of hydrogen-bond acceptors (Lipinski definition) is 2. The molecule has 0 bridgehead atoms. The summed E-state index contributed by atoms with van der Waals surface area (Å²) in [5, 5.41) is 0. The van der Waals surface area contributed by atoms with Crippen molar-refractivity contribution >= 4 is 23.6 Å². The van der Waals surface area contributed by atoms with E-state index in [1.54, 1.807) is 0 Å². The summed E-state index contributed by atoms with van der Waals surface area (Å²) in [4.78, 5) is 14.7. The minimum Gasteiger partial charge on any atom is -0.378 e. The molecule has 1 aliphatic carbocycles. The first-order chi connectivity index (χ1) is 12.1. The maximum absolute atomic E-state index is 12.6. The van der Waals surface area contributed by atoms with Crippen LogP contribution in [0.5, 0.6) is 0 Å². The van der Waals surface area contributed by atoms with Gasteiger partial charge < -0.3 is 4.90 Å². The second kappa shape index (κ2) is 6.06. The van der Waals surface area contributed by atoms with Gasteiger partial charge in [0.2, 0.25) is 0 Å². The molecular formula is C23H19NO. The number of anilines is 1. The van der Waals surface area contributed by atoms with Crippen LogP contribution in [0, 0.1) is 0 Å². The van der Waals surface area contributed by atoms with Gasteiger partial charge in [-0.1, -0.05) is 60.7 Å². The van der Waals surface area contributed by atoms with Gasteiger partial charge in [-0.2, -0.15) is 0 Å². The Morgan fingerprint density at radius 3 is 2.00 bits per heavy atom. The molecule has 25 heavy (non-hydrogen) atoms. The van der Waals surface area contributed by atoms with Crippen molar-refractivity contribution in [2.24, 2.45) is 0 Å². The van der Waals surface area contributed by atoms with Crippen molar-refractivity contribution in [1.82, 2.24) is 0 Å². The lowest BCUT2D eigenvalue weighted by molar-refractivity contribution is 0.104. The molecule has 2 heteroatoms. The first-order valence-electron chi connectivity index (χ1n) is 8.37. The van der Waals surface area contributed by atoms with E-state index in [2.05, 4.69) is 47.4 Å². The second-order valence-electron chi connectivity index (χ2n) is 6.50. The smallest absolute Gasteiger partial charge is 0.194 e. The lowest BCUT2D eigenvalue weighted by Crippen LogP contribution is -2.07. The van der Waals surface area contributed by atoms with Crippen LogP contribution in [0.4, 0.5) is 5.69 Å². The van der Waals surface area contributed by atoms with Gasteiger partial charge >= 0.3 is 0 Å². The highest BCUT2D eigenvalue weighted by atomic mass is 16.1. The molecule has 3 aromatic rings. The van der Waals surface area contributed by atoms with Crippen LogP contribution in [0.1, 0.15) is 27.0 Å². The molecule has 0 fully saturated rings. The first-order valence-corrected chi connectivity index (χ1v) is 8.37. The van der Waals surface area contributed by atoms with Gasteiger partial charge in [0.05, 0.1) is 0 Å². The normalized spacial score (nSPS) is 12.3. The summed E-state index contributed by atoms with van der Waals surface area (Å²) < 4.78 is 0. The molecule has 0 saturated carbocycles. The number of carbonyl (C=O) groups excluding carboxylic acids is 1. The van der Waals surface area contributed by atoms with Crippen LogP contribution >= 0.6 is 0 Å². The van der Waals surface area contributed by atoms with Gasteiger partial charge in [-0.15, -0.1) is 0 Å². The Morgan fingerprint density at radius 2 is 1.28 bits per heavy atom. The topological polar surface area (TPSA) is 20.3 Å². The van der Waals surface area contributed by atoms with Crippen molar-refractivity contribution in [3.8, 4) is 11.1 Å². The number of rotatable bonds is 3. The van der Waals surface area contributed by atoms with E-state index < -0.39 is 0 Å². The molecule has 0 heterocycles. The van der Waals surface area contributed by atoms with Crippen LogP contribution in [-0.2, 0) is 0 Å². The van der Waals surface area contributed by atoms with E-state index in [1.165, 1.54) is 5.69 Å². The van der Waals surface area contributed by atoms with Crippen molar-refractivity contribution in [3.63, 3.8) is 0 Å². The molecule has 0 aromatic heterocycles. The maximum atomic E-state index is 12.6. The Morgan fingerprint density at radius 1 is 0.680 bits per heavy atom. The van der Waals surface area contributed by atoms with Crippen molar-refractivity contribution in [2.45, 2.75) is 0 Å². The van der Waals surface area contributed by atoms with E-state index in [1.807, 2.05) is 50.5 Å². The van der Waals surface area contributed by atoms with Crippen LogP contribution in [0.2, 0.25) is 0 Å². The lowest BCUT2D eigenvalue weighted by atomic mass is 10.0. The van der Waals surface area contributed by atoms with Crippen molar-refractivity contribution < 1.29 is 4.79 Å². The maximum Gasteiger partial charge on any atom is 0.194 e. The lowest BCUT2D eigenvalue weighted by Gasteiger charge is -2.11. The zero-order valence-corrected chi connectivity index (χ0v) is 14.4. The third-order valence-electron chi connectivity index (χ3n) is 4.63. The third kappa shape index (κ3) is 2.76. The molecule has 0 atom stereocenters. The Labute approximate surface area is 148 Å². The SMILES string of the molecule is CN(C)c1ccc(C=Cc2ccc3c(c2)C(=O)c2ccccc2-3)cc1. The van der Waals surface area contributed by atoms with E-state index in [0.717, 1.165) is 33.4 Å². The van der Waals surface area contributed by atoms with E-state index >= 15 is 0 Å². The number of ketones is 1. The standard InChI is InChI=1S/C23H19NO/c1-24(2)18-12-9-16(10-13-18)7-8-17-11-14-20-19-5-3-4-6-21(19)23(25)22(20)15-17/h3-15H,1-2H3. The number of nitrogens with zero attached hydrogens (tertiary/aromatic N) is 1. The average Bonchev–Trinajstić information content (AvgIpc) is 2.93. The van der Waals surface area contributed by atoms with Crippen LogP contribution in [0.3, 0.4) is 0 Å². The van der Waals surface area contributed by atoms with Gasteiger partial charge in [-0.25, -0.2) is 0 Å². The minimum absolute atomic E-state index is 0.121. The molecule has 0 spiro atoms. The van der Waals surface area contributed by atoms with Crippen LogP contribution in [0.15, 0.2) is 66.7 Å². The summed E-state index contributed by atoms with van der Waals surface area (Å²) in [6.45, 7) is 0. The molecule has 2 nitrogen and oxygen atoms in total.